The second-order valence-corrected chi connectivity index (χ2v) is 6.15. The molecule has 1 saturated heterocycles. The average Bonchev–Trinajstić information content (AvgIpc) is 2.36. The molecule has 2 amide bonds. The Morgan fingerprint density at radius 2 is 2.10 bits per heavy atom. The minimum Gasteiger partial charge on any atom is -0.480 e. The SMILES string of the molecule is CCN(C)CCNC(=O)N1CCCC(C)(C)C1C(=O)O. The first-order chi connectivity index (χ1) is 9.29. The summed E-state index contributed by atoms with van der Waals surface area (Å²) >= 11 is 0. The van der Waals surface area contributed by atoms with Crippen LogP contribution in [0.2, 0.25) is 0 Å². The van der Waals surface area contributed by atoms with Crippen molar-refractivity contribution in [3.05, 3.63) is 0 Å². The van der Waals surface area contributed by atoms with Crippen molar-refractivity contribution < 1.29 is 14.7 Å². The van der Waals surface area contributed by atoms with Crippen LogP contribution in [0.5, 0.6) is 0 Å². The van der Waals surface area contributed by atoms with E-state index in [2.05, 4.69) is 17.1 Å². The van der Waals surface area contributed by atoms with Crippen molar-refractivity contribution in [3.63, 3.8) is 0 Å². The van der Waals surface area contributed by atoms with Gasteiger partial charge in [-0.1, -0.05) is 20.8 Å². The predicted molar refractivity (Wildman–Crippen MR) is 77.7 cm³/mol. The molecule has 0 aromatic heterocycles. The number of aliphatic carboxylic acids is 1. The first-order valence-electron chi connectivity index (χ1n) is 7.25. The molecule has 1 aliphatic rings. The molecule has 0 saturated carbocycles. The molecule has 116 valence electrons. The zero-order chi connectivity index (χ0) is 15.3. The van der Waals surface area contributed by atoms with Crippen LogP contribution in [0, 0.1) is 5.41 Å². The number of nitrogens with zero attached hydrogens (tertiary/aromatic N) is 2. The van der Waals surface area contributed by atoms with E-state index in [1.54, 1.807) is 0 Å². The number of likely N-dealkylation sites (N-methyl/N-ethyl adjacent to an activating group) is 1. The standard InChI is InChI=1S/C14H27N3O3/c1-5-16(4)10-8-15-13(20)17-9-6-7-14(2,3)11(17)12(18)19/h11H,5-10H2,1-4H3,(H,15,20)(H,18,19). The molecule has 1 rings (SSSR count). The third-order valence-corrected chi connectivity index (χ3v) is 4.08. The number of hydrogen-bond donors (Lipinski definition) is 2. The van der Waals surface area contributed by atoms with Gasteiger partial charge >= 0.3 is 12.0 Å². The smallest absolute Gasteiger partial charge is 0.327 e. The van der Waals surface area contributed by atoms with Gasteiger partial charge < -0.3 is 20.2 Å². The molecule has 0 aromatic rings. The minimum absolute atomic E-state index is 0.269. The number of carbonyl (C=O) groups is 2. The molecular weight excluding hydrogens is 258 g/mol. The molecule has 1 heterocycles. The number of rotatable bonds is 5. The molecule has 0 spiro atoms. The van der Waals surface area contributed by atoms with Crippen molar-refractivity contribution in [2.24, 2.45) is 5.41 Å². The van der Waals surface area contributed by atoms with Gasteiger partial charge in [0.25, 0.3) is 0 Å². The van der Waals surface area contributed by atoms with Gasteiger partial charge in [0.1, 0.15) is 6.04 Å². The van der Waals surface area contributed by atoms with E-state index in [0.717, 1.165) is 25.9 Å². The summed E-state index contributed by atoms with van der Waals surface area (Å²) in [6, 6.07) is -1.02. The number of urea groups is 1. The summed E-state index contributed by atoms with van der Waals surface area (Å²) in [7, 11) is 1.98. The lowest BCUT2D eigenvalue weighted by Gasteiger charge is -2.43. The summed E-state index contributed by atoms with van der Waals surface area (Å²) in [6.07, 6.45) is 1.67. The molecule has 0 radical (unpaired) electrons. The van der Waals surface area contributed by atoms with Crippen LogP contribution < -0.4 is 5.32 Å². The number of nitrogens with one attached hydrogen (secondary N) is 1. The Morgan fingerprint density at radius 3 is 2.65 bits per heavy atom. The Morgan fingerprint density at radius 1 is 1.45 bits per heavy atom. The molecule has 1 aliphatic heterocycles. The van der Waals surface area contributed by atoms with Gasteiger partial charge in [-0.25, -0.2) is 9.59 Å². The van der Waals surface area contributed by atoms with Crippen molar-refractivity contribution in [1.82, 2.24) is 15.1 Å². The number of carboxylic acids is 1. The van der Waals surface area contributed by atoms with E-state index in [-0.39, 0.29) is 11.4 Å². The lowest BCUT2D eigenvalue weighted by Crippen LogP contribution is -2.59. The highest BCUT2D eigenvalue weighted by molar-refractivity contribution is 5.83. The van der Waals surface area contributed by atoms with Gasteiger partial charge in [0.15, 0.2) is 0 Å². The van der Waals surface area contributed by atoms with Gasteiger partial charge in [-0.15, -0.1) is 0 Å². The number of likely N-dealkylation sites (tertiary alicyclic amines) is 1. The summed E-state index contributed by atoms with van der Waals surface area (Å²) in [4.78, 5) is 27.2. The Balaban J connectivity index is 2.62. The fourth-order valence-corrected chi connectivity index (χ4v) is 2.69. The van der Waals surface area contributed by atoms with Crippen molar-refractivity contribution in [2.45, 2.75) is 39.7 Å². The number of piperidine rings is 1. The normalized spacial score (nSPS) is 21.9. The van der Waals surface area contributed by atoms with Gasteiger partial charge in [-0.2, -0.15) is 0 Å². The molecule has 6 heteroatoms. The summed E-state index contributed by atoms with van der Waals surface area (Å²) in [5.41, 5.74) is -0.387. The van der Waals surface area contributed by atoms with Crippen LogP contribution in [0.25, 0.3) is 0 Å². The molecule has 0 aromatic carbocycles. The zero-order valence-electron chi connectivity index (χ0n) is 13.0. The highest BCUT2D eigenvalue weighted by atomic mass is 16.4. The van der Waals surface area contributed by atoms with Gasteiger partial charge in [-0.3, -0.25) is 0 Å². The first kappa shape index (κ1) is 16.8. The Labute approximate surface area is 121 Å². The fourth-order valence-electron chi connectivity index (χ4n) is 2.69. The van der Waals surface area contributed by atoms with Gasteiger partial charge in [-0.05, 0) is 31.8 Å². The van der Waals surface area contributed by atoms with Gasteiger partial charge in [0.2, 0.25) is 0 Å². The maximum atomic E-state index is 12.2. The van der Waals surface area contributed by atoms with Crippen LogP contribution in [0.3, 0.4) is 0 Å². The van der Waals surface area contributed by atoms with Crippen molar-refractivity contribution in [3.8, 4) is 0 Å². The molecular formula is C14H27N3O3. The quantitative estimate of drug-likeness (QED) is 0.796. The van der Waals surface area contributed by atoms with E-state index in [1.165, 1.54) is 4.90 Å². The van der Waals surface area contributed by atoms with Gasteiger partial charge in [0.05, 0.1) is 0 Å². The summed E-state index contributed by atoms with van der Waals surface area (Å²) in [6.45, 7) is 8.60. The highest BCUT2D eigenvalue weighted by Gasteiger charge is 2.44. The van der Waals surface area contributed by atoms with Crippen LogP contribution in [-0.2, 0) is 4.79 Å². The first-order valence-corrected chi connectivity index (χ1v) is 7.25. The minimum atomic E-state index is -0.921. The van der Waals surface area contributed by atoms with E-state index in [4.69, 9.17) is 0 Å². The van der Waals surface area contributed by atoms with Crippen molar-refractivity contribution in [1.29, 1.82) is 0 Å². The van der Waals surface area contributed by atoms with Crippen LogP contribution in [-0.4, -0.2) is 66.2 Å². The Bertz CT molecular complexity index is 358. The van der Waals surface area contributed by atoms with E-state index >= 15 is 0 Å². The topological polar surface area (TPSA) is 72.9 Å². The molecule has 20 heavy (non-hydrogen) atoms. The summed E-state index contributed by atoms with van der Waals surface area (Å²) in [5, 5.41) is 12.2. The summed E-state index contributed by atoms with van der Waals surface area (Å²) in [5.74, 6) is -0.921. The largest absolute Gasteiger partial charge is 0.480 e. The third kappa shape index (κ3) is 4.10. The summed E-state index contributed by atoms with van der Waals surface area (Å²) < 4.78 is 0. The van der Waals surface area contributed by atoms with E-state index in [0.29, 0.717) is 13.1 Å². The molecule has 1 unspecified atom stereocenters. The molecule has 2 N–H and O–H groups in total. The Hall–Kier alpha value is -1.30. The fraction of sp³-hybridized carbons (Fsp3) is 0.857. The van der Waals surface area contributed by atoms with Crippen LogP contribution in [0.15, 0.2) is 0 Å². The predicted octanol–water partition coefficient (Wildman–Crippen LogP) is 1.22. The maximum Gasteiger partial charge on any atom is 0.327 e. The monoisotopic (exact) mass is 285 g/mol. The number of carbonyl (C=O) groups excluding carboxylic acids is 1. The van der Waals surface area contributed by atoms with E-state index in [9.17, 15) is 14.7 Å². The number of amides is 2. The zero-order valence-corrected chi connectivity index (χ0v) is 13.0. The van der Waals surface area contributed by atoms with Crippen LogP contribution in [0.4, 0.5) is 4.79 Å². The van der Waals surface area contributed by atoms with Crippen molar-refractivity contribution >= 4 is 12.0 Å². The maximum absolute atomic E-state index is 12.2. The molecule has 6 nitrogen and oxygen atoms in total. The number of hydrogen-bond acceptors (Lipinski definition) is 3. The van der Waals surface area contributed by atoms with E-state index < -0.39 is 12.0 Å². The third-order valence-electron chi connectivity index (χ3n) is 4.08. The second-order valence-electron chi connectivity index (χ2n) is 6.15. The van der Waals surface area contributed by atoms with E-state index in [1.807, 2.05) is 20.9 Å². The molecule has 0 aliphatic carbocycles. The second kappa shape index (κ2) is 6.92. The van der Waals surface area contributed by atoms with Crippen LogP contribution in [0.1, 0.15) is 33.6 Å². The van der Waals surface area contributed by atoms with Crippen molar-refractivity contribution in [2.75, 3.05) is 33.2 Å². The molecule has 1 atom stereocenters. The average molecular weight is 285 g/mol. The highest BCUT2D eigenvalue weighted by Crippen LogP contribution is 2.35. The molecule has 0 bridgehead atoms. The van der Waals surface area contributed by atoms with Gasteiger partial charge in [0, 0.05) is 19.6 Å². The number of carboxylic acid groups (broad SMARTS) is 1. The molecule has 1 fully saturated rings. The lowest BCUT2D eigenvalue weighted by molar-refractivity contribution is -0.148. The van der Waals surface area contributed by atoms with Crippen LogP contribution >= 0.6 is 0 Å². The lowest BCUT2D eigenvalue weighted by atomic mass is 9.76. The Kier molecular flexibility index (Phi) is 5.80.